The van der Waals surface area contributed by atoms with Crippen LogP contribution in [0.1, 0.15) is 35.0 Å². The molecule has 7 heteroatoms. The number of ether oxygens (including phenoxy) is 2. The number of aromatic nitrogens is 1. The van der Waals surface area contributed by atoms with E-state index in [9.17, 15) is 13.6 Å². The molecule has 1 aromatic rings. The lowest BCUT2D eigenvalue weighted by Gasteiger charge is -2.14. The summed E-state index contributed by atoms with van der Waals surface area (Å²) < 4.78 is 35.5. The molecule has 5 nitrogen and oxygen atoms in total. The fourth-order valence-corrected chi connectivity index (χ4v) is 1.51. The second-order valence-electron chi connectivity index (χ2n) is 3.29. The lowest BCUT2D eigenvalue weighted by molar-refractivity contribution is 0.0521. The second-order valence-corrected chi connectivity index (χ2v) is 3.29. The largest absolute Gasteiger partial charge is 0.495 e. The van der Waals surface area contributed by atoms with Gasteiger partial charge in [-0.15, -0.1) is 0 Å². The predicted molar refractivity (Wildman–Crippen MR) is 59.6 cm³/mol. The molecule has 0 radical (unpaired) electrons. The Bertz CT molecular complexity index is 439. The summed E-state index contributed by atoms with van der Waals surface area (Å²) in [6, 6.07) is 0. The predicted octanol–water partition coefficient (Wildman–Crippen LogP) is 1.66. The van der Waals surface area contributed by atoms with E-state index in [-0.39, 0.29) is 30.2 Å². The Hall–Kier alpha value is -1.76. The van der Waals surface area contributed by atoms with Crippen molar-refractivity contribution in [1.82, 2.24) is 4.98 Å². The quantitative estimate of drug-likeness (QED) is 0.815. The van der Waals surface area contributed by atoms with Crippen molar-refractivity contribution in [2.24, 2.45) is 5.73 Å². The van der Waals surface area contributed by atoms with Crippen molar-refractivity contribution in [3.63, 3.8) is 0 Å². The summed E-state index contributed by atoms with van der Waals surface area (Å²) in [6.45, 7) is 1.57. The number of carbonyl (C=O) groups excluding carboxylic acids is 1. The number of hydrogen-bond acceptors (Lipinski definition) is 5. The Labute approximate surface area is 103 Å². The molecule has 2 N–H and O–H groups in total. The number of alkyl halides is 2. The zero-order valence-electron chi connectivity index (χ0n) is 10.1. The second kappa shape index (κ2) is 6.25. The summed E-state index contributed by atoms with van der Waals surface area (Å²) in [5.74, 6) is -0.994. The van der Waals surface area contributed by atoms with Gasteiger partial charge in [0.2, 0.25) is 0 Å². The number of carbonyl (C=O) groups is 1. The highest BCUT2D eigenvalue weighted by molar-refractivity contribution is 5.92. The standard InChI is InChI=1S/C11H14F2N2O3/c1-3-18-11(16)6-5-15-7(4-14)8(10(12)13)9(6)17-2/h5,10H,3-4,14H2,1-2H3. The number of hydrogen-bond donors (Lipinski definition) is 1. The van der Waals surface area contributed by atoms with Gasteiger partial charge in [-0.25, -0.2) is 13.6 Å². The summed E-state index contributed by atoms with van der Waals surface area (Å²) in [6.07, 6.45) is -1.70. The summed E-state index contributed by atoms with van der Waals surface area (Å²) in [5.41, 5.74) is 4.72. The van der Waals surface area contributed by atoms with Crippen molar-refractivity contribution in [3.8, 4) is 5.75 Å². The molecule has 0 unspecified atom stereocenters. The third kappa shape index (κ3) is 2.73. The van der Waals surface area contributed by atoms with Crippen LogP contribution in [0.3, 0.4) is 0 Å². The molecule has 1 aromatic heterocycles. The van der Waals surface area contributed by atoms with Gasteiger partial charge in [0, 0.05) is 12.7 Å². The van der Waals surface area contributed by atoms with E-state index in [2.05, 4.69) is 4.98 Å². The first kappa shape index (κ1) is 14.3. The van der Waals surface area contributed by atoms with Crippen molar-refractivity contribution >= 4 is 5.97 Å². The highest BCUT2D eigenvalue weighted by atomic mass is 19.3. The van der Waals surface area contributed by atoms with Crippen LogP contribution in [0.5, 0.6) is 5.75 Å². The minimum atomic E-state index is -2.83. The molecule has 1 heterocycles. The van der Waals surface area contributed by atoms with Gasteiger partial charge in [-0.2, -0.15) is 0 Å². The van der Waals surface area contributed by atoms with Gasteiger partial charge in [0.05, 0.1) is 25.0 Å². The Morgan fingerprint density at radius 2 is 2.22 bits per heavy atom. The molecule has 0 fully saturated rings. The zero-order chi connectivity index (χ0) is 13.7. The van der Waals surface area contributed by atoms with Crippen molar-refractivity contribution in [2.45, 2.75) is 19.9 Å². The Kier molecular flexibility index (Phi) is 4.96. The lowest BCUT2D eigenvalue weighted by Crippen LogP contribution is -2.13. The number of nitrogens with zero attached hydrogens (tertiary/aromatic N) is 1. The molecule has 0 aliphatic carbocycles. The molecule has 0 atom stereocenters. The molecule has 0 aromatic carbocycles. The van der Waals surface area contributed by atoms with Gasteiger partial charge >= 0.3 is 5.97 Å². The molecule has 0 aliphatic rings. The van der Waals surface area contributed by atoms with Crippen LogP contribution in [-0.4, -0.2) is 24.7 Å². The first-order valence-electron chi connectivity index (χ1n) is 5.27. The van der Waals surface area contributed by atoms with E-state index in [1.165, 1.54) is 7.11 Å². The van der Waals surface area contributed by atoms with Crippen molar-refractivity contribution in [1.29, 1.82) is 0 Å². The Morgan fingerprint density at radius 3 is 2.67 bits per heavy atom. The van der Waals surface area contributed by atoms with Crippen LogP contribution in [-0.2, 0) is 11.3 Å². The van der Waals surface area contributed by atoms with Crippen LogP contribution in [0.2, 0.25) is 0 Å². The van der Waals surface area contributed by atoms with Gasteiger partial charge in [-0.3, -0.25) is 4.98 Å². The van der Waals surface area contributed by atoms with Crippen LogP contribution in [0, 0.1) is 0 Å². The van der Waals surface area contributed by atoms with Crippen LogP contribution < -0.4 is 10.5 Å². The first-order valence-corrected chi connectivity index (χ1v) is 5.27. The maximum absolute atomic E-state index is 13.0. The SMILES string of the molecule is CCOC(=O)c1cnc(CN)c(C(F)F)c1OC. The molecule has 1 rings (SSSR count). The number of esters is 1. The van der Waals surface area contributed by atoms with Crippen LogP contribution in [0.25, 0.3) is 0 Å². The molecule has 18 heavy (non-hydrogen) atoms. The van der Waals surface area contributed by atoms with Crippen molar-refractivity contribution < 1.29 is 23.0 Å². The van der Waals surface area contributed by atoms with Crippen molar-refractivity contribution in [3.05, 3.63) is 23.0 Å². The molecule has 0 spiro atoms. The van der Waals surface area contributed by atoms with Gasteiger partial charge < -0.3 is 15.2 Å². The maximum Gasteiger partial charge on any atom is 0.343 e. The summed E-state index contributed by atoms with van der Waals surface area (Å²) >= 11 is 0. The normalized spacial score (nSPS) is 10.6. The average Bonchev–Trinajstić information content (AvgIpc) is 2.36. The molecular weight excluding hydrogens is 246 g/mol. The highest BCUT2D eigenvalue weighted by Gasteiger charge is 2.26. The van der Waals surface area contributed by atoms with Gasteiger partial charge in [0.25, 0.3) is 6.43 Å². The molecule has 0 amide bonds. The highest BCUT2D eigenvalue weighted by Crippen LogP contribution is 2.34. The molecule has 0 saturated heterocycles. The van der Waals surface area contributed by atoms with Crippen LogP contribution in [0.4, 0.5) is 8.78 Å². The number of halogens is 2. The molecular formula is C11H14F2N2O3. The van der Waals surface area contributed by atoms with E-state index in [4.69, 9.17) is 15.2 Å². The number of methoxy groups -OCH3 is 1. The smallest absolute Gasteiger partial charge is 0.343 e. The topological polar surface area (TPSA) is 74.4 Å². The molecule has 0 saturated carbocycles. The van der Waals surface area contributed by atoms with Crippen molar-refractivity contribution in [2.75, 3.05) is 13.7 Å². The third-order valence-electron chi connectivity index (χ3n) is 2.26. The lowest BCUT2D eigenvalue weighted by atomic mass is 10.1. The summed E-state index contributed by atoms with van der Waals surface area (Å²) in [7, 11) is 1.20. The first-order chi connectivity index (χ1) is 8.56. The molecule has 100 valence electrons. The number of pyridine rings is 1. The van der Waals surface area contributed by atoms with E-state index < -0.39 is 18.0 Å². The van der Waals surface area contributed by atoms with E-state index >= 15 is 0 Å². The summed E-state index contributed by atoms with van der Waals surface area (Å²) in [5, 5.41) is 0. The van der Waals surface area contributed by atoms with Crippen LogP contribution in [0.15, 0.2) is 6.20 Å². The average molecular weight is 260 g/mol. The summed E-state index contributed by atoms with van der Waals surface area (Å²) in [4.78, 5) is 15.3. The maximum atomic E-state index is 13.0. The van der Waals surface area contributed by atoms with Gasteiger partial charge in [-0.05, 0) is 6.92 Å². The fourth-order valence-electron chi connectivity index (χ4n) is 1.51. The zero-order valence-corrected chi connectivity index (χ0v) is 10.1. The molecule has 0 bridgehead atoms. The third-order valence-corrected chi connectivity index (χ3v) is 2.26. The van der Waals surface area contributed by atoms with E-state index in [0.717, 1.165) is 6.20 Å². The van der Waals surface area contributed by atoms with E-state index in [0.29, 0.717) is 0 Å². The van der Waals surface area contributed by atoms with E-state index in [1.807, 2.05) is 0 Å². The van der Waals surface area contributed by atoms with Gasteiger partial charge in [0.1, 0.15) is 11.3 Å². The molecule has 0 aliphatic heterocycles. The monoisotopic (exact) mass is 260 g/mol. The van der Waals surface area contributed by atoms with Gasteiger partial charge in [-0.1, -0.05) is 0 Å². The van der Waals surface area contributed by atoms with E-state index in [1.54, 1.807) is 6.92 Å². The number of nitrogens with two attached hydrogens (primary N) is 1. The van der Waals surface area contributed by atoms with Crippen LogP contribution >= 0.6 is 0 Å². The fraction of sp³-hybridized carbons (Fsp3) is 0.455. The number of rotatable bonds is 5. The van der Waals surface area contributed by atoms with Gasteiger partial charge in [0.15, 0.2) is 0 Å². The Balaban J connectivity index is 3.37. The minimum absolute atomic E-state index is 0.00472. The Morgan fingerprint density at radius 1 is 1.56 bits per heavy atom. The minimum Gasteiger partial charge on any atom is -0.495 e.